The molecule has 0 aliphatic heterocycles. The molecule has 0 spiro atoms. The number of sulfone groups is 2. The zero-order chi connectivity index (χ0) is 22.7. The molecule has 0 aliphatic rings. The molecular formula is C23H21FO5S2. The van der Waals surface area contributed by atoms with Gasteiger partial charge < -0.3 is 4.79 Å². The van der Waals surface area contributed by atoms with Gasteiger partial charge in [0.15, 0.2) is 0 Å². The van der Waals surface area contributed by atoms with Gasteiger partial charge in [-0.25, -0.2) is 21.2 Å². The van der Waals surface area contributed by atoms with Crippen LogP contribution in [0.5, 0.6) is 0 Å². The lowest BCUT2D eigenvalue weighted by molar-refractivity contribution is -0.117. The second-order valence-electron chi connectivity index (χ2n) is 7.08. The van der Waals surface area contributed by atoms with Crippen LogP contribution in [-0.4, -0.2) is 27.0 Å². The highest BCUT2D eigenvalue weighted by molar-refractivity contribution is 8.10. The molecule has 0 aliphatic carbocycles. The molecule has 5 nitrogen and oxygen atoms in total. The number of hydrogen-bond acceptors (Lipinski definition) is 5. The summed E-state index contributed by atoms with van der Waals surface area (Å²) in [4.78, 5) is 11.1. The summed E-state index contributed by atoms with van der Waals surface area (Å²) in [5, 5.41) is 0. The summed E-state index contributed by atoms with van der Waals surface area (Å²) in [6.07, 6.45) is -0.612. The van der Waals surface area contributed by atoms with E-state index in [1.54, 1.807) is 6.07 Å². The fourth-order valence-electron chi connectivity index (χ4n) is 3.45. The molecule has 3 rings (SSSR count). The Hall–Kier alpha value is -2.84. The van der Waals surface area contributed by atoms with Crippen molar-refractivity contribution in [2.45, 2.75) is 33.4 Å². The summed E-state index contributed by atoms with van der Waals surface area (Å²) in [5.74, 6) is -2.32. The standard InChI is InChI=1S/C23H21FO5S2/c1-18(25)17-22(19-11-5-2-6-12-19)23(24,30(26,27)20-13-7-3-8-14-20)31(28,29)21-15-9-4-10-16-21/h2-16,22H,17H2,1H3/t22-/m0/s1. The van der Waals surface area contributed by atoms with Crippen LogP contribution in [0.2, 0.25) is 0 Å². The largest absolute Gasteiger partial charge is 0.324 e. The van der Waals surface area contributed by atoms with Crippen molar-refractivity contribution in [3.8, 4) is 0 Å². The number of alkyl halides is 1. The number of hydrogen-bond donors (Lipinski definition) is 0. The van der Waals surface area contributed by atoms with Crippen LogP contribution in [0.1, 0.15) is 24.8 Å². The minimum atomic E-state index is -5.11. The number of carbonyl (C=O) groups is 1. The van der Waals surface area contributed by atoms with Crippen molar-refractivity contribution in [1.29, 1.82) is 0 Å². The van der Waals surface area contributed by atoms with Crippen LogP contribution in [0.15, 0.2) is 101 Å². The second-order valence-corrected chi connectivity index (χ2v) is 11.5. The van der Waals surface area contributed by atoms with Crippen molar-refractivity contribution in [1.82, 2.24) is 0 Å². The van der Waals surface area contributed by atoms with Gasteiger partial charge in [-0.2, -0.15) is 0 Å². The third-order valence-electron chi connectivity index (χ3n) is 4.95. The highest BCUT2D eigenvalue weighted by Gasteiger charge is 2.62. The SMILES string of the molecule is CC(=O)C[C@@H](c1ccccc1)C(F)(S(=O)(=O)c1ccccc1)S(=O)(=O)c1ccccc1. The maximum absolute atomic E-state index is 17.1. The quantitative estimate of drug-likeness (QED) is 0.500. The first-order valence-corrected chi connectivity index (χ1v) is 12.4. The molecule has 0 amide bonds. The number of rotatable bonds is 8. The molecule has 0 heterocycles. The van der Waals surface area contributed by atoms with Crippen LogP contribution in [0, 0.1) is 0 Å². The van der Waals surface area contributed by atoms with Gasteiger partial charge in [0.1, 0.15) is 5.78 Å². The smallest absolute Gasteiger partial charge is 0.300 e. The van der Waals surface area contributed by atoms with E-state index in [9.17, 15) is 21.6 Å². The van der Waals surface area contributed by atoms with Gasteiger partial charge >= 0.3 is 4.33 Å². The van der Waals surface area contributed by atoms with Gasteiger partial charge in [0.2, 0.25) is 19.7 Å². The van der Waals surface area contributed by atoms with Crippen molar-refractivity contribution < 1.29 is 26.0 Å². The Bertz CT molecular complexity index is 1190. The molecule has 0 saturated heterocycles. The maximum Gasteiger partial charge on any atom is 0.324 e. The number of ketones is 1. The molecule has 0 fully saturated rings. The number of halogens is 1. The van der Waals surface area contributed by atoms with E-state index in [0.717, 1.165) is 24.3 Å². The molecule has 8 heteroatoms. The molecule has 31 heavy (non-hydrogen) atoms. The molecule has 0 unspecified atom stereocenters. The highest BCUT2D eigenvalue weighted by atomic mass is 32.3. The molecule has 3 aromatic rings. The van der Waals surface area contributed by atoms with Gasteiger partial charge in [0.05, 0.1) is 15.7 Å². The predicted molar refractivity (Wildman–Crippen MR) is 116 cm³/mol. The Morgan fingerprint density at radius 2 is 1.10 bits per heavy atom. The lowest BCUT2D eigenvalue weighted by Gasteiger charge is -2.33. The third-order valence-corrected chi connectivity index (χ3v) is 10.1. The summed E-state index contributed by atoms with van der Waals surface area (Å²) in [6.45, 7) is 1.17. The first-order chi connectivity index (χ1) is 14.6. The zero-order valence-corrected chi connectivity index (χ0v) is 18.3. The van der Waals surface area contributed by atoms with Crippen molar-refractivity contribution in [2.75, 3.05) is 0 Å². The fourth-order valence-corrected chi connectivity index (χ4v) is 8.05. The highest BCUT2D eigenvalue weighted by Crippen LogP contribution is 2.48. The molecule has 0 bridgehead atoms. The van der Waals surface area contributed by atoms with Gasteiger partial charge in [-0.3, -0.25) is 0 Å². The van der Waals surface area contributed by atoms with Crippen molar-refractivity contribution in [3.05, 3.63) is 96.6 Å². The minimum Gasteiger partial charge on any atom is -0.300 e. The first-order valence-electron chi connectivity index (χ1n) is 9.45. The van der Waals surface area contributed by atoms with E-state index in [2.05, 4.69) is 0 Å². The van der Waals surface area contributed by atoms with Gasteiger partial charge in [0, 0.05) is 6.42 Å². The van der Waals surface area contributed by atoms with Crippen LogP contribution >= 0.6 is 0 Å². The van der Waals surface area contributed by atoms with Crippen LogP contribution in [0.25, 0.3) is 0 Å². The monoisotopic (exact) mass is 460 g/mol. The van der Waals surface area contributed by atoms with Crippen LogP contribution in [-0.2, 0) is 24.5 Å². The minimum absolute atomic E-state index is 0.0965. The molecule has 0 aromatic heterocycles. The fraction of sp³-hybridized carbons (Fsp3) is 0.174. The average Bonchev–Trinajstić information content (AvgIpc) is 2.78. The van der Waals surface area contributed by atoms with E-state index in [4.69, 9.17) is 0 Å². The average molecular weight is 461 g/mol. The number of benzene rings is 3. The van der Waals surface area contributed by atoms with Crippen LogP contribution in [0.4, 0.5) is 4.39 Å². The molecule has 0 saturated carbocycles. The van der Waals surface area contributed by atoms with Gasteiger partial charge in [-0.05, 0) is 36.8 Å². The lowest BCUT2D eigenvalue weighted by Crippen LogP contribution is -2.48. The van der Waals surface area contributed by atoms with Crippen molar-refractivity contribution in [3.63, 3.8) is 0 Å². The molecule has 3 aromatic carbocycles. The van der Waals surface area contributed by atoms with E-state index < -0.39 is 51.9 Å². The topological polar surface area (TPSA) is 85.3 Å². The lowest BCUT2D eigenvalue weighted by atomic mass is 9.95. The Balaban J connectivity index is 2.40. The van der Waals surface area contributed by atoms with E-state index >= 15 is 4.39 Å². The summed E-state index contributed by atoms with van der Waals surface area (Å²) in [6, 6.07) is 20.7. The summed E-state index contributed by atoms with van der Waals surface area (Å²) in [7, 11) is -10.2. The van der Waals surface area contributed by atoms with E-state index in [-0.39, 0.29) is 5.56 Å². The van der Waals surface area contributed by atoms with Crippen LogP contribution in [0.3, 0.4) is 0 Å². The van der Waals surface area contributed by atoms with Crippen molar-refractivity contribution in [2.24, 2.45) is 0 Å². The van der Waals surface area contributed by atoms with Gasteiger partial charge in [-0.15, -0.1) is 0 Å². The Labute approximate surface area is 181 Å². The third kappa shape index (κ3) is 4.05. The predicted octanol–water partition coefficient (Wildman–Crippen LogP) is 4.32. The van der Waals surface area contributed by atoms with E-state index in [1.807, 2.05) is 0 Å². The van der Waals surface area contributed by atoms with E-state index in [1.165, 1.54) is 67.6 Å². The Morgan fingerprint density at radius 1 is 0.742 bits per heavy atom. The molecule has 1 atom stereocenters. The Morgan fingerprint density at radius 3 is 1.45 bits per heavy atom. The first kappa shape index (κ1) is 22.8. The molecule has 0 N–H and O–H groups in total. The summed E-state index contributed by atoms with van der Waals surface area (Å²) >= 11 is 0. The summed E-state index contributed by atoms with van der Waals surface area (Å²) < 4.78 is 67.7. The molecule has 0 radical (unpaired) electrons. The zero-order valence-electron chi connectivity index (χ0n) is 16.7. The second kappa shape index (κ2) is 8.72. The van der Waals surface area contributed by atoms with Crippen LogP contribution < -0.4 is 0 Å². The normalized spacial score (nSPS) is 13.5. The Kier molecular flexibility index (Phi) is 6.43. The van der Waals surface area contributed by atoms with Gasteiger partial charge in [-0.1, -0.05) is 66.7 Å². The maximum atomic E-state index is 17.1. The summed E-state index contributed by atoms with van der Waals surface area (Å²) in [5.41, 5.74) is 0.0965. The van der Waals surface area contributed by atoms with E-state index in [0.29, 0.717) is 0 Å². The van der Waals surface area contributed by atoms with Crippen molar-refractivity contribution >= 4 is 25.5 Å². The number of Topliss-reactive ketones (excluding diaryl/α,β-unsaturated/α-hetero) is 1. The van der Waals surface area contributed by atoms with Gasteiger partial charge in [0.25, 0.3) is 0 Å². The molecule has 162 valence electrons. The number of carbonyl (C=O) groups excluding carboxylic acids is 1. The molecular weight excluding hydrogens is 439 g/mol.